The fourth-order valence-corrected chi connectivity index (χ4v) is 1.57. The minimum Gasteiger partial charge on any atom is -0.464 e. The van der Waals surface area contributed by atoms with Crippen LogP contribution >= 0.6 is 0 Å². The van der Waals surface area contributed by atoms with E-state index < -0.39 is 11.6 Å². The van der Waals surface area contributed by atoms with Crippen LogP contribution in [0.3, 0.4) is 0 Å². The molecule has 0 saturated heterocycles. The maximum Gasteiger partial charge on any atom is 0.340 e. The minimum atomic E-state index is -1.30. The average Bonchev–Trinajstić information content (AvgIpc) is 2.23. The van der Waals surface area contributed by atoms with Gasteiger partial charge >= 0.3 is 5.97 Å². The maximum atomic E-state index is 11.4. The molecule has 0 aliphatic rings. The summed E-state index contributed by atoms with van der Waals surface area (Å²) in [4.78, 5) is 11.4. The second-order valence-corrected chi connectivity index (χ2v) is 4.28. The molecule has 0 amide bonds. The number of nitrogens with two attached hydrogens (primary N) is 2. The van der Waals surface area contributed by atoms with Crippen molar-refractivity contribution in [1.29, 1.82) is 0 Å². The highest BCUT2D eigenvalue weighted by atomic mass is 16.5. The molecule has 16 heavy (non-hydrogen) atoms. The summed E-state index contributed by atoms with van der Waals surface area (Å²) in [5.74, 6) is -0.497. The molecule has 0 heterocycles. The lowest BCUT2D eigenvalue weighted by molar-refractivity contribution is -0.149. The normalized spacial score (nSPS) is 11.5. The van der Waals surface area contributed by atoms with Gasteiger partial charge in [-0.25, -0.2) is 4.79 Å². The summed E-state index contributed by atoms with van der Waals surface area (Å²) >= 11 is 0. The molecule has 0 rings (SSSR count). The first-order chi connectivity index (χ1) is 7.54. The molecule has 0 aliphatic carbocycles. The lowest BCUT2D eigenvalue weighted by atomic mass is 10.0. The summed E-state index contributed by atoms with van der Waals surface area (Å²) in [6, 6.07) is 0. The molecule has 0 unspecified atom stereocenters. The first kappa shape index (κ1) is 15.4. The monoisotopic (exact) mass is 230 g/mol. The van der Waals surface area contributed by atoms with Crippen molar-refractivity contribution in [1.82, 2.24) is 0 Å². The largest absolute Gasteiger partial charge is 0.464 e. The molecule has 0 bridgehead atoms. The van der Waals surface area contributed by atoms with Crippen molar-refractivity contribution in [3.63, 3.8) is 0 Å². The number of hydrogen-bond acceptors (Lipinski definition) is 4. The molecule has 4 N–H and O–H groups in total. The Balaban J connectivity index is 3.61. The third kappa shape index (κ3) is 6.80. The van der Waals surface area contributed by atoms with Gasteiger partial charge in [-0.05, 0) is 19.8 Å². The van der Waals surface area contributed by atoms with E-state index in [-0.39, 0.29) is 0 Å². The predicted octanol–water partition coefficient (Wildman–Crippen LogP) is 1.91. The van der Waals surface area contributed by atoms with E-state index in [9.17, 15) is 4.79 Å². The Kier molecular flexibility index (Phi) is 8.21. The highest BCUT2D eigenvalue weighted by Crippen LogP contribution is 2.11. The maximum absolute atomic E-state index is 11.4. The third-order valence-corrected chi connectivity index (χ3v) is 2.60. The highest BCUT2D eigenvalue weighted by molar-refractivity contribution is 5.79. The van der Waals surface area contributed by atoms with Crippen LogP contribution in [-0.4, -0.2) is 18.2 Å². The molecule has 0 atom stereocenters. The summed E-state index contributed by atoms with van der Waals surface area (Å²) in [5, 5.41) is 0. The Morgan fingerprint density at radius 3 is 2.19 bits per heavy atom. The number of hydrogen-bond donors (Lipinski definition) is 2. The van der Waals surface area contributed by atoms with Gasteiger partial charge in [0.05, 0.1) is 6.61 Å². The van der Waals surface area contributed by atoms with Crippen molar-refractivity contribution in [3.05, 3.63) is 0 Å². The smallest absolute Gasteiger partial charge is 0.340 e. The summed E-state index contributed by atoms with van der Waals surface area (Å²) in [6.45, 7) is 4.26. The van der Waals surface area contributed by atoms with Gasteiger partial charge < -0.3 is 16.2 Å². The molecule has 0 fully saturated rings. The fourth-order valence-electron chi connectivity index (χ4n) is 1.57. The third-order valence-electron chi connectivity index (χ3n) is 2.60. The number of esters is 1. The van der Waals surface area contributed by atoms with Gasteiger partial charge in [0.25, 0.3) is 0 Å². The van der Waals surface area contributed by atoms with Gasteiger partial charge in [-0.15, -0.1) is 0 Å². The number of carbonyl (C=O) groups excluding carboxylic acids is 1. The second-order valence-electron chi connectivity index (χ2n) is 4.28. The van der Waals surface area contributed by atoms with E-state index in [1.165, 1.54) is 25.7 Å². The van der Waals surface area contributed by atoms with Gasteiger partial charge in [0, 0.05) is 0 Å². The molecular weight excluding hydrogens is 204 g/mol. The topological polar surface area (TPSA) is 78.3 Å². The molecule has 0 saturated carbocycles. The van der Waals surface area contributed by atoms with Crippen LogP contribution in [0.2, 0.25) is 0 Å². The van der Waals surface area contributed by atoms with Crippen LogP contribution in [-0.2, 0) is 9.53 Å². The molecule has 0 aromatic heterocycles. The summed E-state index contributed by atoms with van der Waals surface area (Å²) < 4.78 is 4.81. The van der Waals surface area contributed by atoms with E-state index in [1.807, 2.05) is 0 Å². The van der Waals surface area contributed by atoms with Crippen molar-refractivity contribution in [2.24, 2.45) is 11.5 Å². The zero-order valence-electron chi connectivity index (χ0n) is 10.6. The molecule has 0 aromatic carbocycles. The molecular formula is C12H26N2O2. The van der Waals surface area contributed by atoms with E-state index in [4.69, 9.17) is 16.2 Å². The minimum absolute atomic E-state index is 0.325. The van der Waals surface area contributed by atoms with Gasteiger partial charge in [0.1, 0.15) is 0 Å². The van der Waals surface area contributed by atoms with Crippen LogP contribution in [0.5, 0.6) is 0 Å². The van der Waals surface area contributed by atoms with Crippen LogP contribution in [0.4, 0.5) is 0 Å². The zero-order chi connectivity index (χ0) is 12.4. The van der Waals surface area contributed by atoms with Crippen molar-refractivity contribution in [2.75, 3.05) is 6.61 Å². The Bertz CT molecular complexity index is 193. The first-order valence-corrected chi connectivity index (χ1v) is 6.29. The van der Waals surface area contributed by atoms with Crippen LogP contribution in [0.1, 0.15) is 58.8 Å². The number of unbranched alkanes of at least 4 members (excludes halogenated alkanes) is 5. The number of rotatable bonds is 9. The molecule has 0 aromatic rings. The zero-order valence-corrected chi connectivity index (χ0v) is 10.6. The molecule has 4 nitrogen and oxygen atoms in total. The predicted molar refractivity (Wildman–Crippen MR) is 65.7 cm³/mol. The van der Waals surface area contributed by atoms with Crippen molar-refractivity contribution in [3.8, 4) is 0 Å². The van der Waals surface area contributed by atoms with Crippen molar-refractivity contribution in [2.45, 2.75) is 64.5 Å². The quantitative estimate of drug-likeness (QED) is 0.360. The second kappa shape index (κ2) is 8.53. The standard InChI is InChI=1S/C12H26N2O2/c1-3-5-6-7-8-9-10-12(13,14)11(15)16-4-2/h3-10,13-14H2,1-2H3. The van der Waals surface area contributed by atoms with Gasteiger partial charge in [0.15, 0.2) is 5.66 Å². The fraction of sp³-hybridized carbons (Fsp3) is 0.917. The summed E-state index contributed by atoms with van der Waals surface area (Å²) in [5.41, 5.74) is 10.1. The van der Waals surface area contributed by atoms with Gasteiger partial charge in [-0.3, -0.25) is 0 Å². The van der Waals surface area contributed by atoms with Gasteiger partial charge in [-0.2, -0.15) is 0 Å². The van der Waals surface area contributed by atoms with Crippen LogP contribution in [0.25, 0.3) is 0 Å². The van der Waals surface area contributed by atoms with Crippen LogP contribution in [0, 0.1) is 0 Å². The van der Waals surface area contributed by atoms with E-state index >= 15 is 0 Å². The summed E-state index contributed by atoms with van der Waals surface area (Å²) in [7, 11) is 0. The highest BCUT2D eigenvalue weighted by Gasteiger charge is 2.29. The van der Waals surface area contributed by atoms with Crippen LogP contribution < -0.4 is 11.5 Å². The van der Waals surface area contributed by atoms with E-state index in [0.29, 0.717) is 13.0 Å². The van der Waals surface area contributed by atoms with Gasteiger partial charge in [0.2, 0.25) is 0 Å². The van der Waals surface area contributed by atoms with E-state index in [0.717, 1.165) is 12.8 Å². The molecule has 4 heteroatoms. The number of ether oxygens (including phenoxy) is 1. The Labute approximate surface area is 98.7 Å². The van der Waals surface area contributed by atoms with Crippen molar-refractivity contribution >= 4 is 5.97 Å². The Hall–Kier alpha value is -0.610. The average molecular weight is 230 g/mol. The van der Waals surface area contributed by atoms with Crippen LogP contribution in [0.15, 0.2) is 0 Å². The number of carbonyl (C=O) groups is 1. The molecule has 0 aliphatic heterocycles. The lowest BCUT2D eigenvalue weighted by Gasteiger charge is -2.21. The molecule has 96 valence electrons. The molecule has 0 spiro atoms. The van der Waals surface area contributed by atoms with Gasteiger partial charge in [-0.1, -0.05) is 39.0 Å². The van der Waals surface area contributed by atoms with Crippen molar-refractivity contribution < 1.29 is 9.53 Å². The SMILES string of the molecule is CCCCCCCCC(N)(N)C(=O)OCC. The Morgan fingerprint density at radius 2 is 1.62 bits per heavy atom. The lowest BCUT2D eigenvalue weighted by Crippen LogP contribution is -2.57. The molecule has 0 radical (unpaired) electrons. The first-order valence-electron chi connectivity index (χ1n) is 6.29. The summed E-state index contributed by atoms with van der Waals surface area (Å²) in [6.07, 6.45) is 7.41. The van der Waals surface area contributed by atoms with E-state index in [2.05, 4.69) is 6.92 Å². The Morgan fingerprint density at radius 1 is 1.06 bits per heavy atom. The van der Waals surface area contributed by atoms with E-state index in [1.54, 1.807) is 6.92 Å².